The molecule has 0 atom stereocenters. The van der Waals surface area contributed by atoms with Gasteiger partial charge < -0.3 is 4.42 Å². The van der Waals surface area contributed by atoms with E-state index in [2.05, 4.69) is 14.9 Å². The molecule has 0 spiro atoms. The number of rotatable bonds is 4. The minimum atomic E-state index is -3.75. The van der Waals surface area contributed by atoms with E-state index in [-0.39, 0.29) is 16.8 Å². The van der Waals surface area contributed by atoms with Crippen molar-refractivity contribution in [2.45, 2.75) is 11.8 Å². The van der Waals surface area contributed by atoms with Crippen molar-refractivity contribution in [3.63, 3.8) is 0 Å². The third-order valence-corrected chi connectivity index (χ3v) is 4.33. The summed E-state index contributed by atoms with van der Waals surface area (Å²) in [5.74, 6) is 0.252. The minimum Gasteiger partial charge on any atom is -0.403 e. The van der Waals surface area contributed by atoms with Gasteiger partial charge >= 0.3 is 6.01 Å². The van der Waals surface area contributed by atoms with Crippen molar-refractivity contribution in [3.8, 4) is 11.5 Å². The van der Waals surface area contributed by atoms with Crippen LogP contribution in [-0.2, 0) is 10.0 Å². The van der Waals surface area contributed by atoms with Gasteiger partial charge in [-0.25, -0.2) is 13.1 Å². The van der Waals surface area contributed by atoms with E-state index in [9.17, 15) is 8.42 Å². The van der Waals surface area contributed by atoms with Crippen LogP contribution in [0.2, 0.25) is 0 Å². The second kappa shape index (κ2) is 5.61. The zero-order chi connectivity index (χ0) is 15.6. The fraction of sp³-hybridized carbons (Fsp3) is 0.0667. The summed E-state index contributed by atoms with van der Waals surface area (Å²) in [5.41, 5.74) is 1.69. The van der Waals surface area contributed by atoms with Crippen molar-refractivity contribution in [1.29, 1.82) is 0 Å². The number of sulfonamides is 1. The lowest BCUT2D eigenvalue weighted by atomic mass is 10.2. The van der Waals surface area contributed by atoms with Gasteiger partial charge in [0.25, 0.3) is 10.0 Å². The standard InChI is InChI=1S/C15H13N3O3S/c1-11-7-9-13(10-8-11)22(19,20)18-15-17-16-14(21-15)12-5-3-2-4-6-12/h2-10H,1H3,(H,17,18). The Balaban J connectivity index is 1.84. The molecular weight excluding hydrogens is 302 g/mol. The number of nitrogens with zero attached hydrogens (tertiary/aromatic N) is 2. The molecule has 0 aliphatic rings. The first-order valence-corrected chi connectivity index (χ1v) is 8.01. The summed E-state index contributed by atoms with van der Waals surface area (Å²) in [6.07, 6.45) is 0. The average molecular weight is 315 g/mol. The van der Waals surface area contributed by atoms with Crippen LogP contribution in [0.25, 0.3) is 11.5 Å². The number of anilines is 1. The predicted octanol–water partition coefficient (Wildman–Crippen LogP) is 2.85. The summed E-state index contributed by atoms with van der Waals surface area (Å²) in [6.45, 7) is 1.88. The molecule has 1 heterocycles. The Morgan fingerprint density at radius 2 is 1.64 bits per heavy atom. The molecule has 0 radical (unpaired) electrons. The normalized spacial score (nSPS) is 11.3. The first-order valence-electron chi connectivity index (χ1n) is 6.53. The van der Waals surface area contributed by atoms with E-state index in [1.165, 1.54) is 12.1 Å². The van der Waals surface area contributed by atoms with Crippen LogP contribution in [0.1, 0.15) is 5.56 Å². The molecule has 0 amide bonds. The highest BCUT2D eigenvalue weighted by Gasteiger charge is 2.18. The van der Waals surface area contributed by atoms with Gasteiger partial charge in [0.15, 0.2) is 0 Å². The average Bonchev–Trinajstić information content (AvgIpc) is 2.96. The number of aryl methyl sites for hydroxylation is 1. The van der Waals surface area contributed by atoms with Gasteiger partial charge in [0.2, 0.25) is 5.89 Å². The lowest BCUT2D eigenvalue weighted by Crippen LogP contribution is -2.13. The molecule has 112 valence electrons. The van der Waals surface area contributed by atoms with Gasteiger partial charge in [-0.2, -0.15) is 0 Å². The van der Waals surface area contributed by atoms with Crippen LogP contribution in [0.5, 0.6) is 0 Å². The van der Waals surface area contributed by atoms with Crippen LogP contribution in [0, 0.1) is 6.92 Å². The van der Waals surface area contributed by atoms with Crippen LogP contribution < -0.4 is 4.72 Å². The molecule has 1 N–H and O–H groups in total. The zero-order valence-corrected chi connectivity index (χ0v) is 12.5. The molecule has 2 aromatic carbocycles. The van der Waals surface area contributed by atoms with Gasteiger partial charge in [0, 0.05) is 5.56 Å². The molecule has 0 bridgehead atoms. The number of aromatic nitrogens is 2. The third kappa shape index (κ3) is 2.99. The summed E-state index contributed by atoms with van der Waals surface area (Å²) in [6, 6.07) is 15.4. The van der Waals surface area contributed by atoms with E-state index in [1.807, 2.05) is 25.1 Å². The van der Waals surface area contributed by atoms with Crippen molar-refractivity contribution in [2.75, 3.05) is 4.72 Å². The fourth-order valence-electron chi connectivity index (χ4n) is 1.85. The van der Waals surface area contributed by atoms with Crippen LogP contribution in [0.15, 0.2) is 63.9 Å². The highest BCUT2D eigenvalue weighted by atomic mass is 32.2. The predicted molar refractivity (Wildman–Crippen MR) is 81.7 cm³/mol. The highest BCUT2D eigenvalue weighted by molar-refractivity contribution is 7.92. The Morgan fingerprint density at radius 1 is 0.955 bits per heavy atom. The van der Waals surface area contributed by atoms with Gasteiger partial charge in [-0.1, -0.05) is 41.0 Å². The number of benzene rings is 2. The molecular formula is C15H13N3O3S. The fourth-order valence-corrected chi connectivity index (χ4v) is 2.78. The van der Waals surface area contributed by atoms with Crippen molar-refractivity contribution in [3.05, 3.63) is 60.2 Å². The van der Waals surface area contributed by atoms with Gasteiger partial charge in [-0.3, -0.25) is 0 Å². The summed E-state index contributed by atoms with van der Waals surface area (Å²) < 4.78 is 32.1. The van der Waals surface area contributed by atoms with E-state index in [0.717, 1.165) is 11.1 Å². The molecule has 3 aromatic rings. The molecule has 0 fully saturated rings. The Hall–Kier alpha value is -2.67. The quantitative estimate of drug-likeness (QED) is 0.800. The third-order valence-electron chi connectivity index (χ3n) is 3.00. The largest absolute Gasteiger partial charge is 0.403 e. The molecule has 3 rings (SSSR count). The summed E-state index contributed by atoms with van der Waals surface area (Å²) in [5, 5.41) is 7.55. The first kappa shape index (κ1) is 14.3. The Morgan fingerprint density at radius 3 is 2.32 bits per heavy atom. The Kier molecular flexibility index (Phi) is 3.64. The molecule has 1 aromatic heterocycles. The topological polar surface area (TPSA) is 85.1 Å². The molecule has 22 heavy (non-hydrogen) atoms. The Bertz CT molecular complexity index is 872. The number of hydrogen-bond acceptors (Lipinski definition) is 5. The second-order valence-corrected chi connectivity index (χ2v) is 6.38. The molecule has 6 nitrogen and oxygen atoms in total. The van der Waals surface area contributed by atoms with E-state index in [1.54, 1.807) is 24.3 Å². The SMILES string of the molecule is Cc1ccc(S(=O)(=O)Nc2nnc(-c3ccccc3)o2)cc1. The summed E-state index contributed by atoms with van der Waals surface area (Å²) in [7, 11) is -3.75. The lowest BCUT2D eigenvalue weighted by Gasteiger charge is -2.04. The van der Waals surface area contributed by atoms with Crippen LogP contribution in [0.3, 0.4) is 0 Å². The van der Waals surface area contributed by atoms with Crippen LogP contribution >= 0.6 is 0 Å². The summed E-state index contributed by atoms with van der Waals surface area (Å²) >= 11 is 0. The molecule has 7 heteroatoms. The maximum atomic E-state index is 12.2. The van der Waals surface area contributed by atoms with E-state index >= 15 is 0 Å². The maximum Gasteiger partial charge on any atom is 0.330 e. The monoisotopic (exact) mass is 315 g/mol. The maximum absolute atomic E-state index is 12.2. The summed E-state index contributed by atoms with van der Waals surface area (Å²) in [4.78, 5) is 0.137. The minimum absolute atomic E-state index is 0.137. The Labute approximate surface area is 127 Å². The smallest absolute Gasteiger partial charge is 0.330 e. The van der Waals surface area contributed by atoms with Crippen molar-refractivity contribution in [1.82, 2.24) is 10.2 Å². The second-order valence-electron chi connectivity index (χ2n) is 4.70. The van der Waals surface area contributed by atoms with Gasteiger partial charge in [-0.15, -0.1) is 5.10 Å². The van der Waals surface area contributed by atoms with E-state index < -0.39 is 10.0 Å². The molecule has 0 saturated heterocycles. The highest BCUT2D eigenvalue weighted by Crippen LogP contribution is 2.21. The molecule has 0 aliphatic carbocycles. The van der Waals surface area contributed by atoms with Gasteiger partial charge in [-0.05, 0) is 31.2 Å². The van der Waals surface area contributed by atoms with Crippen molar-refractivity contribution in [2.24, 2.45) is 0 Å². The zero-order valence-electron chi connectivity index (χ0n) is 11.7. The molecule has 0 aliphatic heterocycles. The van der Waals surface area contributed by atoms with Gasteiger partial charge in [0.05, 0.1) is 4.90 Å². The number of hydrogen-bond donors (Lipinski definition) is 1. The van der Waals surface area contributed by atoms with Gasteiger partial charge in [0.1, 0.15) is 0 Å². The first-order chi connectivity index (χ1) is 10.5. The van der Waals surface area contributed by atoms with Crippen molar-refractivity contribution < 1.29 is 12.8 Å². The van der Waals surface area contributed by atoms with E-state index in [4.69, 9.17) is 4.42 Å². The van der Waals surface area contributed by atoms with Crippen LogP contribution in [-0.4, -0.2) is 18.6 Å². The molecule has 0 unspecified atom stereocenters. The van der Waals surface area contributed by atoms with E-state index in [0.29, 0.717) is 0 Å². The number of nitrogens with one attached hydrogen (secondary N) is 1. The van der Waals surface area contributed by atoms with Crippen LogP contribution in [0.4, 0.5) is 6.01 Å². The molecule has 0 saturated carbocycles. The lowest BCUT2D eigenvalue weighted by molar-refractivity contribution is 0.577. The van der Waals surface area contributed by atoms with Crippen molar-refractivity contribution >= 4 is 16.0 Å².